The van der Waals surface area contributed by atoms with Gasteiger partial charge in [-0.25, -0.2) is 4.79 Å². The Balaban J connectivity index is 2.22. The van der Waals surface area contributed by atoms with Gasteiger partial charge in [0.15, 0.2) is 0 Å². The number of nitrogens with one attached hydrogen (secondary N) is 1. The van der Waals surface area contributed by atoms with Gasteiger partial charge in [0.1, 0.15) is 11.8 Å². The maximum atomic E-state index is 11.5. The van der Waals surface area contributed by atoms with Crippen LogP contribution in [0.3, 0.4) is 0 Å². The first-order valence-corrected chi connectivity index (χ1v) is 6.74. The summed E-state index contributed by atoms with van der Waals surface area (Å²) < 4.78 is 5.49. The molecule has 110 valence electrons. The summed E-state index contributed by atoms with van der Waals surface area (Å²) in [6, 6.07) is 6.88. The molecule has 1 unspecified atom stereocenters. The molecule has 0 aliphatic carbocycles. The fourth-order valence-corrected chi connectivity index (χ4v) is 1.66. The summed E-state index contributed by atoms with van der Waals surface area (Å²) in [4.78, 5) is 22.3. The Labute approximate surface area is 118 Å². The standard InChI is InChI=1S/C15H21NO4/c1-3-13(15(18)19)16-14(17)5-4-10-20-12-8-6-11(2)7-9-12/h6-9,13H,3-5,10H2,1-2H3,(H,16,17)(H,18,19). The van der Waals surface area contributed by atoms with Crippen LogP contribution in [0.15, 0.2) is 24.3 Å². The Morgan fingerprint density at radius 2 is 1.95 bits per heavy atom. The Kier molecular flexibility index (Phi) is 6.56. The molecule has 0 aliphatic heterocycles. The third kappa shape index (κ3) is 5.73. The second-order valence-corrected chi connectivity index (χ2v) is 4.63. The summed E-state index contributed by atoms with van der Waals surface area (Å²) in [5.74, 6) is -0.489. The minimum Gasteiger partial charge on any atom is -0.494 e. The van der Waals surface area contributed by atoms with Crippen LogP contribution in [0.1, 0.15) is 31.7 Å². The zero-order valence-electron chi connectivity index (χ0n) is 11.9. The van der Waals surface area contributed by atoms with E-state index in [1.54, 1.807) is 6.92 Å². The molecule has 0 bridgehead atoms. The summed E-state index contributed by atoms with van der Waals surface area (Å²) in [6.07, 6.45) is 1.19. The van der Waals surface area contributed by atoms with Crippen molar-refractivity contribution < 1.29 is 19.4 Å². The van der Waals surface area contributed by atoms with Crippen molar-refractivity contribution in [1.29, 1.82) is 0 Å². The molecule has 0 spiro atoms. The lowest BCUT2D eigenvalue weighted by molar-refractivity contribution is -0.141. The number of carboxylic acid groups (broad SMARTS) is 1. The maximum absolute atomic E-state index is 11.5. The smallest absolute Gasteiger partial charge is 0.326 e. The molecule has 5 heteroatoms. The molecule has 1 aromatic rings. The Morgan fingerprint density at radius 3 is 2.50 bits per heavy atom. The minimum absolute atomic E-state index is 0.258. The van der Waals surface area contributed by atoms with Crippen LogP contribution in [-0.4, -0.2) is 29.6 Å². The third-order valence-corrected chi connectivity index (χ3v) is 2.88. The van der Waals surface area contributed by atoms with Crippen LogP contribution < -0.4 is 10.1 Å². The van der Waals surface area contributed by atoms with Gasteiger partial charge in [-0.15, -0.1) is 0 Å². The average Bonchev–Trinajstić information content (AvgIpc) is 2.42. The van der Waals surface area contributed by atoms with Gasteiger partial charge in [-0.1, -0.05) is 24.6 Å². The molecule has 5 nitrogen and oxygen atoms in total. The third-order valence-electron chi connectivity index (χ3n) is 2.88. The number of aryl methyl sites for hydroxylation is 1. The first kappa shape index (κ1) is 16.0. The first-order valence-electron chi connectivity index (χ1n) is 6.74. The van der Waals surface area contributed by atoms with E-state index in [0.717, 1.165) is 11.3 Å². The summed E-state index contributed by atoms with van der Waals surface area (Å²) in [5.41, 5.74) is 1.16. The van der Waals surface area contributed by atoms with E-state index < -0.39 is 12.0 Å². The average molecular weight is 279 g/mol. The Bertz CT molecular complexity index is 442. The number of hydrogen-bond acceptors (Lipinski definition) is 3. The van der Waals surface area contributed by atoms with E-state index in [0.29, 0.717) is 19.4 Å². The normalized spacial score (nSPS) is 11.7. The molecule has 20 heavy (non-hydrogen) atoms. The highest BCUT2D eigenvalue weighted by atomic mass is 16.5. The van der Waals surface area contributed by atoms with Crippen molar-refractivity contribution in [2.24, 2.45) is 0 Å². The topological polar surface area (TPSA) is 75.6 Å². The number of aliphatic carboxylic acids is 1. The number of ether oxygens (including phenoxy) is 1. The van der Waals surface area contributed by atoms with Crippen LogP contribution in [0, 0.1) is 6.92 Å². The van der Waals surface area contributed by atoms with E-state index in [1.165, 1.54) is 0 Å². The van der Waals surface area contributed by atoms with Gasteiger partial charge in [-0.2, -0.15) is 0 Å². The minimum atomic E-state index is -1.00. The largest absolute Gasteiger partial charge is 0.494 e. The molecule has 0 aliphatic rings. The molecule has 0 radical (unpaired) electrons. The second kappa shape index (κ2) is 8.19. The van der Waals surface area contributed by atoms with E-state index in [-0.39, 0.29) is 12.3 Å². The number of carbonyl (C=O) groups excluding carboxylic acids is 1. The molecule has 0 fully saturated rings. The van der Waals surface area contributed by atoms with E-state index >= 15 is 0 Å². The van der Waals surface area contributed by atoms with Crippen LogP contribution in [-0.2, 0) is 9.59 Å². The van der Waals surface area contributed by atoms with Crippen molar-refractivity contribution >= 4 is 11.9 Å². The number of rotatable bonds is 8. The van der Waals surface area contributed by atoms with Gasteiger partial charge in [-0.3, -0.25) is 4.79 Å². The number of amides is 1. The summed E-state index contributed by atoms with van der Waals surface area (Å²) in [6.45, 7) is 4.15. The van der Waals surface area contributed by atoms with E-state index in [9.17, 15) is 9.59 Å². The highest BCUT2D eigenvalue weighted by Crippen LogP contribution is 2.11. The van der Waals surface area contributed by atoms with Crippen molar-refractivity contribution in [3.63, 3.8) is 0 Å². The molecule has 1 aromatic carbocycles. The molecule has 1 amide bonds. The summed E-state index contributed by atoms with van der Waals surface area (Å²) >= 11 is 0. The molecular weight excluding hydrogens is 258 g/mol. The van der Waals surface area contributed by atoms with Crippen LogP contribution in [0.5, 0.6) is 5.75 Å². The molecular formula is C15H21NO4. The molecule has 0 saturated carbocycles. The molecule has 0 saturated heterocycles. The number of carbonyl (C=O) groups is 2. The quantitative estimate of drug-likeness (QED) is 0.715. The lowest BCUT2D eigenvalue weighted by Gasteiger charge is -2.12. The van der Waals surface area contributed by atoms with Crippen LogP contribution in [0.25, 0.3) is 0 Å². The van der Waals surface area contributed by atoms with Gasteiger partial charge in [-0.05, 0) is 31.9 Å². The second-order valence-electron chi connectivity index (χ2n) is 4.63. The number of carboxylic acids is 1. The van der Waals surface area contributed by atoms with Crippen LogP contribution in [0.2, 0.25) is 0 Å². The van der Waals surface area contributed by atoms with E-state index in [2.05, 4.69) is 5.32 Å². The van der Waals surface area contributed by atoms with Crippen molar-refractivity contribution in [2.45, 2.75) is 39.2 Å². The van der Waals surface area contributed by atoms with Gasteiger partial charge < -0.3 is 15.2 Å². The highest BCUT2D eigenvalue weighted by Gasteiger charge is 2.16. The predicted molar refractivity (Wildman–Crippen MR) is 75.8 cm³/mol. The van der Waals surface area contributed by atoms with Crippen molar-refractivity contribution in [3.05, 3.63) is 29.8 Å². The van der Waals surface area contributed by atoms with Crippen LogP contribution >= 0.6 is 0 Å². The van der Waals surface area contributed by atoms with Crippen molar-refractivity contribution in [1.82, 2.24) is 5.32 Å². The van der Waals surface area contributed by atoms with Crippen LogP contribution in [0.4, 0.5) is 0 Å². The zero-order chi connectivity index (χ0) is 15.0. The summed E-state index contributed by atoms with van der Waals surface area (Å²) in [7, 11) is 0. The molecule has 1 rings (SSSR count). The van der Waals surface area contributed by atoms with Gasteiger partial charge in [0, 0.05) is 6.42 Å². The van der Waals surface area contributed by atoms with Gasteiger partial charge in [0.2, 0.25) is 5.91 Å². The summed E-state index contributed by atoms with van der Waals surface area (Å²) in [5, 5.41) is 11.3. The first-order chi connectivity index (χ1) is 9.52. The molecule has 0 aromatic heterocycles. The number of hydrogen-bond donors (Lipinski definition) is 2. The lowest BCUT2D eigenvalue weighted by Crippen LogP contribution is -2.40. The molecule has 2 N–H and O–H groups in total. The fraction of sp³-hybridized carbons (Fsp3) is 0.467. The Morgan fingerprint density at radius 1 is 1.30 bits per heavy atom. The van der Waals surface area contributed by atoms with Gasteiger partial charge in [0.25, 0.3) is 0 Å². The number of benzene rings is 1. The SMILES string of the molecule is CCC(NC(=O)CCCOc1ccc(C)cc1)C(=O)O. The highest BCUT2D eigenvalue weighted by molar-refractivity contribution is 5.83. The lowest BCUT2D eigenvalue weighted by atomic mass is 10.2. The van der Waals surface area contributed by atoms with E-state index in [1.807, 2.05) is 31.2 Å². The molecule has 1 atom stereocenters. The zero-order valence-corrected chi connectivity index (χ0v) is 11.9. The van der Waals surface area contributed by atoms with Gasteiger partial charge >= 0.3 is 5.97 Å². The van der Waals surface area contributed by atoms with E-state index in [4.69, 9.17) is 9.84 Å². The monoisotopic (exact) mass is 279 g/mol. The predicted octanol–water partition coefficient (Wildman–Crippen LogP) is 2.13. The van der Waals surface area contributed by atoms with Crippen molar-refractivity contribution in [3.8, 4) is 5.75 Å². The van der Waals surface area contributed by atoms with Crippen molar-refractivity contribution in [2.75, 3.05) is 6.61 Å². The Hall–Kier alpha value is -2.04. The fourth-order valence-electron chi connectivity index (χ4n) is 1.66. The molecule has 0 heterocycles. The maximum Gasteiger partial charge on any atom is 0.326 e. The van der Waals surface area contributed by atoms with Gasteiger partial charge in [0.05, 0.1) is 6.61 Å².